The summed E-state index contributed by atoms with van der Waals surface area (Å²) >= 11 is 0. The zero-order valence-electron chi connectivity index (χ0n) is 44.0. The van der Waals surface area contributed by atoms with Crippen LogP contribution in [0.4, 0.5) is 21.1 Å². The molecule has 0 radical (unpaired) electrons. The number of rotatable bonds is 22. The maximum atomic E-state index is 14.0. The smallest absolute Gasteiger partial charge is 0.416 e. The summed E-state index contributed by atoms with van der Waals surface area (Å²) in [5.41, 5.74) is 7.04. The maximum Gasteiger partial charge on any atom is 0.416 e. The minimum Gasteiger partial charge on any atom is -0.497 e. The predicted octanol–water partition coefficient (Wildman–Crippen LogP) is 3.87. The first-order valence-corrected chi connectivity index (χ1v) is 25.5. The third-order valence-corrected chi connectivity index (χ3v) is 12.5. The molecule has 23 heteroatoms. The van der Waals surface area contributed by atoms with Gasteiger partial charge in [0, 0.05) is 81.7 Å². The Hall–Kier alpha value is -8.52. The Morgan fingerprint density at radius 2 is 1.55 bits per heavy atom. The highest BCUT2D eigenvalue weighted by Crippen LogP contribution is 2.34. The Bertz CT molecular complexity index is 2770. The van der Waals surface area contributed by atoms with Gasteiger partial charge in [0.2, 0.25) is 17.7 Å². The van der Waals surface area contributed by atoms with Gasteiger partial charge in [-0.15, -0.1) is 12.8 Å². The summed E-state index contributed by atoms with van der Waals surface area (Å²) in [6, 6.07) is 12.3. The highest BCUT2D eigenvalue weighted by Gasteiger charge is 2.33. The summed E-state index contributed by atoms with van der Waals surface area (Å²) in [7, 11) is 1.58. The number of hydrogen-bond donors (Lipinski definition) is 5. The van der Waals surface area contributed by atoms with E-state index in [0.29, 0.717) is 123 Å². The fraction of sp³-hybridized carbons (Fsp3) is 0.444. The Morgan fingerprint density at radius 3 is 2.19 bits per heavy atom. The molecule has 1 atom stereocenters. The molecule has 1 unspecified atom stereocenters. The molecule has 3 aliphatic heterocycles. The first-order valence-electron chi connectivity index (χ1n) is 25.5. The van der Waals surface area contributed by atoms with Crippen molar-refractivity contribution in [3.63, 3.8) is 0 Å². The number of carbonyl (C=O) groups excluding carboxylic acids is 7. The van der Waals surface area contributed by atoms with E-state index in [9.17, 15) is 38.4 Å². The van der Waals surface area contributed by atoms with E-state index in [1.165, 1.54) is 18.3 Å². The number of anilines is 2. The number of nitrogens with two attached hydrogens (primary N) is 1. The zero-order chi connectivity index (χ0) is 55.9. The summed E-state index contributed by atoms with van der Waals surface area (Å²) in [4.78, 5) is 113. The van der Waals surface area contributed by atoms with Gasteiger partial charge in [0.05, 0.1) is 37.1 Å². The molecule has 23 nitrogen and oxygen atoms in total. The highest BCUT2D eigenvalue weighted by atomic mass is 16.6. The number of primary amides is 1. The summed E-state index contributed by atoms with van der Waals surface area (Å²) in [6.07, 6.45) is 16.8. The van der Waals surface area contributed by atoms with Gasteiger partial charge in [-0.05, 0) is 67.9 Å². The van der Waals surface area contributed by atoms with Crippen molar-refractivity contribution in [2.24, 2.45) is 11.7 Å². The van der Waals surface area contributed by atoms with Crippen LogP contribution in [0.25, 0.3) is 11.0 Å². The molecule has 3 aliphatic rings. The molecular weight excluding hydrogens is 995 g/mol. The van der Waals surface area contributed by atoms with Gasteiger partial charge in [-0.2, -0.15) is 0 Å². The van der Waals surface area contributed by atoms with E-state index < -0.39 is 30.0 Å². The van der Waals surface area contributed by atoms with E-state index >= 15 is 0 Å². The number of amides is 8. The molecule has 2 aromatic carbocycles. The van der Waals surface area contributed by atoms with E-state index in [-0.39, 0.29) is 61.4 Å². The number of imide groups is 1. The average molecular weight is 1060 g/mol. The molecule has 6 N–H and O–H groups in total. The van der Waals surface area contributed by atoms with Crippen LogP contribution in [-0.4, -0.2) is 138 Å². The number of ether oxygens (including phenoxy) is 4. The summed E-state index contributed by atoms with van der Waals surface area (Å²) < 4.78 is 24.5. The van der Waals surface area contributed by atoms with Gasteiger partial charge in [-0.3, -0.25) is 38.6 Å². The lowest BCUT2D eigenvalue weighted by Crippen LogP contribution is -2.51. The van der Waals surface area contributed by atoms with Crippen molar-refractivity contribution in [3.05, 3.63) is 89.0 Å². The number of unbranched alkanes of at least 4 members (excludes halogenated alkanes) is 2. The van der Waals surface area contributed by atoms with Gasteiger partial charge in [0.25, 0.3) is 17.4 Å². The first-order chi connectivity index (χ1) is 37.1. The van der Waals surface area contributed by atoms with Crippen LogP contribution in [0, 0.1) is 18.8 Å². The van der Waals surface area contributed by atoms with Crippen molar-refractivity contribution in [3.8, 4) is 30.1 Å². The minimum atomic E-state index is -0.860. The normalized spacial score (nSPS) is 14.3. The van der Waals surface area contributed by atoms with Crippen molar-refractivity contribution in [2.45, 2.75) is 91.0 Å². The van der Waals surface area contributed by atoms with Gasteiger partial charge < -0.3 is 55.4 Å². The number of piperidine rings is 1. The molecule has 5 heterocycles. The van der Waals surface area contributed by atoms with Crippen molar-refractivity contribution in [1.29, 1.82) is 0 Å². The second-order valence-corrected chi connectivity index (χ2v) is 18.3. The molecule has 0 spiro atoms. The molecule has 77 heavy (non-hydrogen) atoms. The van der Waals surface area contributed by atoms with E-state index in [4.69, 9.17) is 24.7 Å². The molecule has 0 saturated carbocycles. The Kier molecular flexibility index (Phi) is 23.2. The quantitative estimate of drug-likeness (QED) is 0.0424. The van der Waals surface area contributed by atoms with Crippen LogP contribution in [-0.2, 0) is 41.9 Å². The molecule has 8 amide bonds. The third-order valence-electron chi connectivity index (χ3n) is 12.5. The maximum absolute atomic E-state index is 14.0. The number of carbonyl (C=O) groups is 7. The molecule has 1 fully saturated rings. The second kappa shape index (κ2) is 30.1. The SMILES string of the molecule is C#C.CCCNC(N)=O.COc1ccc2ncc(=O)n(CCN3CCC(N(C(=O)OCc4ccc(NC(=O)CNC(=O)C(NC(=O)CCCCCN5C(=O)C=CC5=O)C(C)C)cc4)c4cc5c(cn4)OCCO5)CC3)c2c1. The number of aromatic nitrogens is 3. The lowest BCUT2D eigenvalue weighted by molar-refractivity contribution is -0.137. The number of terminal acetylenes is 1. The minimum absolute atomic E-state index is 0.0664. The monoisotopic (exact) mass is 1060 g/mol. The third kappa shape index (κ3) is 17.8. The number of methoxy groups -OCH3 is 1. The number of fused-ring (bicyclic) bond motifs is 2. The molecule has 0 bridgehead atoms. The number of benzene rings is 2. The topological polar surface area (TPSA) is 288 Å². The number of nitrogens with zero attached hydrogens (tertiary/aromatic N) is 6. The van der Waals surface area contributed by atoms with Crippen LogP contribution in [0.2, 0.25) is 0 Å². The molecule has 0 aliphatic carbocycles. The van der Waals surface area contributed by atoms with Crippen LogP contribution in [0.15, 0.2) is 77.9 Å². The van der Waals surface area contributed by atoms with Gasteiger partial charge in [-0.25, -0.2) is 19.6 Å². The molecule has 1 saturated heterocycles. The van der Waals surface area contributed by atoms with Crippen LogP contribution in [0.5, 0.6) is 17.2 Å². The van der Waals surface area contributed by atoms with E-state index in [1.807, 2.05) is 25.1 Å². The van der Waals surface area contributed by atoms with Gasteiger partial charge in [-0.1, -0.05) is 39.3 Å². The van der Waals surface area contributed by atoms with E-state index in [0.717, 1.165) is 11.3 Å². The number of hydrogen-bond acceptors (Lipinski definition) is 15. The summed E-state index contributed by atoms with van der Waals surface area (Å²) in [6.45, 7) is 9.23. The number of urea groups is 1. The number of pyridine rings is 1. The van der Waals surface area contributed by atoms with Crippen molar-refractivity contribution >= 4 is 64.2 Å². The molecular formula is C54H69N11O12. The number of likely N-dealkylation sites (tertiary alicyclic amines) is 1. The Labute approximate surface area is 447 Å². The van der Waals surface area contributed by atoms with E-state index in [1.54, 1.807) is 67.0 Å². The highest BCUT2D eigenvalue weighted by molar-refractivity contribution is 6.12. The van der Waals surface area contributed by atoms with Crippen LogP contribution >= 0.6 is 0 Å². The molecule has 412 valence electrons. The number of nitrogens with one attached hydrogen (secondary N) is 4. The predicted molar refractivity (Wildman–Crippen MR) is 287 cm³/mol. The average Bonchev–Trinajstić information content (AvgIpc) is 3.76. The first kappa shape index (κ1) is 59.4. The van der Waals surface area contributed by atoms with Crippen LogP contribution in [0.3, 0.4) is 0 Å². The van der Waals surface area contributed by atoms with Crippen molar-refractivity contribution in [2.75, 3.05) is 69.8 Å². The second-order valence-electron chi connectivity index (χ2n) is 18.3. The van der Waals surface area contributed by atoms with E-state index in [2.05, 4.69) is 49.0 Å². The zero-order valence-corrected chi connectivity index (χ0v) is 44.0. The fourth-order valence-corrected chi connectivity index (χ4v) is 8.44. The largest absolute Gasteiger partial charge is 0.497 e. The van der Waals surface area contributed by atoms with Gasteiger partial charge in [0.15, 0.2) is 11.5 Å². The van der Waals surface area contributed by atoms with Gasteiger partial charge >= 0.3 is 12.1 Å². The van der Waals surface area contributed by atoms with Crippen LogP contribution in [0.1, 0.15) is 71.3 Å². The van der Waals surface area contributed by atoms with Crippen molar-refractivity contribution < 1.29 is 52.5 Å². The Balaban J connectivity index is 0.00000112. The Morgan fingerprint density at radius 1 is 0.844 bits per heavy atom. The lowest BCUT2D eigenvalue weighted by atomic mass is 10.0. The standard InChI is InChI=1S/C48H57N9O11.C4H10N2O.C2H2/c1-31(2)46(53-41(58)7-5-4-6-18-56-43(60)14-15-44(56)61)47(63)51-28-42(59)52-33-10-8-32(9-11-33)30-68-48(64)57(40-26-38-39(27-50-40)67-24-23-66-38)34-16-19-54(20-17-34)21-22-55-37-25-35(65-3)12-13-36(37)49-29-45(55)62;1-2-3-6-4(5)7;1-2/h8-15,25-27,29,31,34,46H,4-7,16-24,28,30H2,1-3H3,(H,51,63)(H,52,59)(H,53,58);2-3H2,1H3,(H3,5,6,7);1-2H. The molecule has 2 aromatic heterocycles. The van der Waals surface area contributed by atoms with Crippen molar-refractivity contribution in [1.82, 2.24) is 40.3 Å². The summed E-state index contributed by atoms with van der Waals surface area (Å²) in [5.74, 6) is -0.250. The fourth-order valence-electron chi connectivity index (χ4n) is 8.44. The summed E-state index contributed by atoms with van der Waals surface area (Å²) in [5, 5.41) is 10.5. The van der Waals surface area contributed by atoms with Crippen LogP contribution < -0.4 is 51.7 Å². The van der Waals surface area contributed by atoms with Gasteiger partial charge in [0.1, 0.15) is 37.4 Å². The molecule has 4 aromatic rings. The lowest BCUT2D eigenvalue weighted by Gasteiger charge is -2.37. The molecule has 7 rings (SSSR count).